The quantitative estimate of drug-likeness (QED) is 0.732. The highest BCUT2D eigenvalue weighted by Crippen LogP contribution is 2.32. The number of fused-ring (bicyclic) bond motifs is 1. The lowest BCUT2D eigenvalue weighted by atomic mass is 10.1. The molecule has 1 fully saturated rings. The summed E-state index contributed by atoms with van der Waals surface area (Å²) in [4.78, 5) is 4.43. The molecule has 2 heterocycles. The van der Waals surface area contributed by atoms with Crippen molar-refractivity contribution >= 4 is 48.4 Å². The van der Waals surface area contributed by atoms with Gasteiger partial charge in [0, 0.05) is 12.1 Å². The van der Waals surface area contributed by atoms with E-state index < -0.39 is 9.84 Å². The van der Waals surface area contributed by atoms with E-state index in [2.05, 4.69) is 20.9 Å². The molecule has 0 amide bonds. The molecular formula is C13H13BrClFN2O2S. The standard InChI is InChI=1S/C13H13BrClFN2O2S/c14-9-5-11-12(6-10(9)16)18(13(7-15)17-11)8-1-3-21(19,20)4-2-8/h5-6,8H,1-4,7H2. The van der Waals surface area contributed by atoms with Crippen molar-refractivity contribution < 1.29 is 12.8 Å². The van der Waals surface area contributed by atoms with Gasteiger partial charge in [-0.2, -0.15) is 0 Å². The summed E-state index contributed by atoms with van der Waals surface area (Å²) in [6.07, 6.45) is 1.02. The van der Waals surface area contributed by atoms with E-state index in [1.807, 2.05) is 4.57 Å². The van der Waals surface area contributed by atoms with Gasteiger partial charge in [-0.3, -0.25) is 0 Å². The van der Waals surface area contributed by atoms with Gasteiger partial charge in [0.2, 0.25) is 0 Å². The van der Waals surface area contributed by atoms with E-state index >= 15 is 0 Å². The highest BCUT2D eigenvalue weighted by molar-refractivity contribution is 9.10. The lowest BCUT2D eigenvalue weighted by Gasteiger charge is -2.25. The third-order valence-corrected chi connectivity index (χ3v) is 6.38. The molecule has 0 bridgehead atoms. The minimum atomic E-state index is -2.94. The summed E-state index contributed by atoms with van der Waals surface area (Å²) in [6, 6.07) is 3.04. The molecule has 0 radical (unpaired) electrons. The van der Waals surface area contributed by atoms with Crippen molar-refractivity contribution in [1.82, 2.24) is 9.55 Å². The van der Waals surface area contributed by atoms with E-state index in [-0.39, 0.29) is 29.2 Å². The molecule has 1 aliphatic heterocycles. The SMILES string of the molecule is O=S1(=O)CCC(n2c(CCl)nc3cc(Br)c(F)cc32)CC1. The van der Waals surface area contributed by atoms with Crippen LogP contribution in [0.25, 0.3) is 11.0 Å². The Hall–Kier alpha value is -0.660. The average molecular weight is 396 g/mol. The second kappa shape index (κ2) is 5.52. The van der Waals surface area contributed by atoms with Crippen LogP contribution in [0.15, 0.2) is 16.6 Å². The van der Waals surface area contributed by atoms with Gasteiger partial charge < -0.3 is 4.57 Å². The van der Waals surface area contributed by atoms with Crippen LogP contribution >= 0.6 is 27.5 Å². The fraction of sp³-hybridized carbons (Fsp3) is 0.462. The topological polar surface area (TPSA) is 52.0 Å². The first-order valence-electron chi connectivity index (χ1n) is 6.53. The van der Waals surface area contributed by atoms with E-state index in [4.69, 9.17) is 11.6 Å². The van der Waals surface area contributed by atoms with Crippen molar-refractivity contribution in [2.24, 2.45) is 0 Å². The lowest BCUT2D eigenvalue weighted by Crippen LogP contribution is -2.26. The van der Waals surface area contributed by atoms with E-state index in [0.29, 0.717) is 34.2 Å². The molecule has 1 aromatic carbocycles. The summed E-state index contributed by atoms with van der Waals surface area (Å²) < 4.78 is 39.2. The molecule has 3 rings (SSSR count). The molecule has 2 aromatic rings. The van der Waals surface area contributed by atoms with Gasteiger partial charge in [0.25, 0.3) is 0 Å². The molecule has 0 aliphatic carbocycles. The van der Waals surface area contributed by atoms with Crippen LogP contribution in [0.1, 0.15) is 24.7 Å². The summed E-state index contributed by atoms with van der Waals surface area (Å²) >= 11 is 9.10. The van der Waals surface area contributed by atoms with Crippen molar-refractivity contribution in [2.75, 3.05) is 11.5 Å². The molecule has 21 heavy (non-hydrogen) atoms. The first-order chi connectivity index (χ1) is 9.91. The predicted molar refractivity (Wildman–Crippen MR) is 83.9 cm³/mol. The van der Waals surface area contributed by atoms with Crippen molar-refractivity contribution in [3.05, 3.63) is 28.2 Å². The van der Waals surface area contributed by atoms with Crippen LogP contribution in [-0.2, 0) is 15.7 Å². The molecule has 1 aliphatic rings. The van der Waals surface area contributed by atoms with Gasteiger partial charge in [0.1, 0.15) is 21.5 Å². The summed E-state index contributed by atoms with van der Waals surface area (Å²) in [5, 5.41) is 0. The first kappa shape index (κ1) is 15.2. The maximum atomic E-state index is 13.8. The average Bonchev–Trinajstić information content (AvgIpc) is 2.77. The van der Waals surface area contributed by atoms with Crippen LogP contribution < -0.4 is 0 Å². The fourth-order valence-electron chi connectivity index (χ4n) is 2.78. The van der Waals surface area contributed by atoms with Crippen molar-refractivity contribution in [2.45, 2.75) is 24.8 Å². The Balaban J connectivity index is 2.10. The van der Waals surface area contributed by atoms with Gasteiger partial charge in [-0.05, 0) is 34.8 Å². The maximum absolute atomic E-state index is 13.8. The summed E-state index contributed by atoms with van der Waals surface area (Å²) in [5.41, 5.74) is 1.32. The van der Waals surface area contributed by atoms with Crippen LogP contribution in [0.3, 0.4) is 0 Å². The second-order valence-corrected chi connectivity index (χ2v) is 8.59. The van der Waals surface area contributed by atoms with Gasteiger partial charge in [-0.25, -0.2) is 17.8 Å². The van der Waals surface area contributed by atoms with Gasteiger partial charge in [-0.1, -0.05) is 0 Å². The van der Waals surface area contributed by atoms with Gasteiger partial charge in [0.15, 0.2) is 0 Å². The molecule has 8 heteroatoms. The third kappa shape index (κ3) is 2.83. The molecule has 4 nitrogen and oxygen atoms in total. The number of hydrogen-bond acceptors (Lipinski definition) is 3. The number of halogens is 3. The van der Waals surface area contributed by atoms with E-state index in [0.717, 1.165) is 0 Å². The molecule has 0 atom stereocenters. The number of aromatic nitrogens is 2. The molecule has 1 saturated heterocycles. The first-order valence-corrected chi connectivity index (χ1v) is 9.68. The lowest BCUT2D eigenvalue weighted by molar-refractivity contribution is 0.450. The minimum absolute atomic E-state index is 0.00662. The van der Waals surface area contributed by atoms with Crippen molar-refractivity contribution in [3.8, 4) is 0 Å². The molecule has 0 unspecified atom stereocenters. The van der Waals surface area contributed by atoms with E-state index in [1.54, 1.807) is 6.07 Å². The maximum Gasteiger partial charge on any atom is 0.150 e. The fourth-order valence-corrected chi connectivity index (χ4v) is 4.76. The number of benzene rings is 1. The van der Waals surface area contributed by atoms with Crippen LogP contribution in [-0.4, -0.2) is 29.5 Å². The predicted octanol–water partition coefficient (Wildman–Crippen LogP) is 3.43. The number of alkyl halides is 1. The number of hydrogen-bond donors (Lipinski definition) is 0. The Bertz CT molecular complexity index is 792. The molecule has 1 aromatic heterocycles. The smallest absolute Gasteiger partial charge is 0.150 e. The number of imidazole rings is 1. The highest BCUT2D eigenvalue weighted by Gasteiger charge is 2.27. The van der Waals surface area contributed by atoms with Crippen molar-refractivity contribution in [3.63, 3.8) is 0 Å². The number of nitrogens with zero attached hydrogens (tertiary/aromatic N) is 2. The van der Waals surface area contributed by atoms with Crippen LogP contribution in [0.5, 0.6) is 0 Å². The Labute approximate surface area is 135 Å². The monoisotopic (exact) mass is 394 g/mol. The van der Waals surface area contributed by atoms with Gasteiger partial charge in [-0.15, -0.1) is 11.6 Å². The van der Waals surface area contributed by atoms with E-state index in [1.165, 1.54) is 6.07 Å². The summed E-state index contributed by atoms with van der Waals surface area (Å²) in [7, 11) is -2.94. The van der Waals surface area contributed by atoms with Gasteiger partial charge >= 0.3 is 0 Å². The Morgan fingerprint density at radius 2 is 2.05 bits per heavy atom. The molecule has 114 valence electrons. The Kier molecular flexibility index (Phi) is 4.00. The Morgan fingerprint density at radius 3 is 2.67 bits per heavy atom. The molecule has 0 N–H and O–H groups in total. The minimum Gasteiger partial charge on any atom is -0.324 e. The third-order valence-electron chi connectivity index (χ3n) is 3.81. The zero-order valence-corrected chi connectivity index (χ0v) is 14.2. The zero-order valence-electron chi connectivity index (χ0n) is 11.0. The Morgan fingerprint density at radius 1 is 1.38 bits per heavy atom. The number of rotatable bonds is 2. The van der Waals surface area contributed by atoms with Crippen molar-refractivity contribution in [1.29, 1.82) is 0 Å². The highest BCUT2D eigenvalue weighted by atomic mass is 79.9. The van der Waals surface area contributed by atoms with E-state index in [9.17, 15) is 12.8 Å². The van der Waals surface area contributed by atoms with Gasteiger partial charge in [0.05, 0.1) is 32.9 Å². The summed E-state index contributed by atoms with van der Waals surface area (Å²) in [5.74, 6) is 0.787. The largest absolute Gasteiger partial charge is 0.324 e. The molecule has 0 saturated carbocycles. The number of sulfone groups is 1. The van der Waals surface area contributed by atoms with Crippen LogP contribution in [0.2, 0.25) is 0 Å². The normalized spacial score (nSPS) is 19.2. The molecule has 0 spiro atoms. The molecular weight excluding hydrogens is 383 g/mol. The second-order valence-electron chi connectivity index (χ2n) is 5.17. The zero-order chi connectivity index (χ0) is 15.2. The van der Waals surface area contributed by atoms with Crippen LogP contribution in [0, 0.1) is 5.82 Å². The van der Waals surface area contributed by atoms with Crippen LogP contribution in [0.4, 0.5) is 4.39 Å². The summed E-state index contributed by atoms with van der Waals surface area (Å²) in [6.45, 7) is 0.